The standard InChI is InChI=1S/C33H40B2N2O5/c1-32(37-3,26-12-8-6-9-13-26)33(38-4,39-5)42-34-27-16-20-30(21-17-27)41-31-22-18-29(19-23-31)35(40-25-24-36-2)28-14-10-7-11-15-28/h6-23,34,36-37H,24-25H2,1-5H3. The van der Waals surface area contributed by atoms with E-state index in [9.17, 15) is 0 Å². The molecule has 4 aromatic rings. The second kappa shape index (κ2) is 15.2. The second-order valence-electron chi connectivity index (χ2n) is 10.1. The average Bonchev–Trinajstić information content (AvgIpc) is 3.05. The minimum atomic E-state index is -1.37. The number of hydrogen-bond donors (Lipinski definition) is 2. The molecule has 7 nitrogen and oxygen atoms in total. The second-order valence-corrected chi connectivity index (χ2v) is 10.1. The molecule has 0 heterocycles. The molecular formula is C33H40B2N2O5. The van der Waals surface area contributed by atoms with Gasteiger partial charge in [-0.15, -0.1) is 0 Å². The van der Waals surface area contributed by atoms with Crippen LogP contribution in [0.3, 0.4) is 0 Å². The average molecular weight is 566 g/mol. The molecule has 0 amide bonds. The van der Waals surface area contributed by atoms with Crippen LogP contribution >= 0.6 is 0 Å². The predicted molar refractivity (Wildman–Crippen MR) is 172 cm³/mol. The Hall–Kier alpha value is -3.43. The van der Waals surface area contributed by atoms with Gasteiger partial charge in [-0.05, 0) is 61.8 Å². The van der Waals surface area contributed by atoms with Crippen molar-refractivity contribution in [1.29, 1.82) is 0 Å². The third-order valence-corrected chi connectivity index (χ3v) is 7.51. The molecule has 0 radical (unpaired) electrons. The smallest absolute Gasteiger partial charge is 0.361 e. The van der Waals surface area contributed by atoms with Gasteiger partial charge in [-0.3, -0.25) is 0 Å². The lowest BCUT2D eigenvalue weighted by atomic mass is 9.55. The van der Waals surface area contributed by atoms with E-state index < -0.39 is 11.5 Å². The quantitative estimate of drug-likeness (QED) is 0.123. The highest BCUT2D eigenvalue weighted by atomic mass is 16.9. The molecular weight excluding hydrogens is 526 g/mol. The lowest BCUT2D eigenvalue weighted by Gasteiger charge is -2.45. The highest BCUT2D eigenvalue weighted by Gasteiger charge is 2.51. The Balaban J connectivity index is 1.42. The maximum absolute atomic E-state index is 6.33. The molecule has 42 heavy (non-hydrogen) atoms. The highest BCUT2D eigenvalue weighted by Crippen LogP contribution is 2.36. The molecule has 4 aromatic carbocycles. The van der Waals surface area contributed by atoms with Crippen LogP contribution in [0.1, 0.15) is 12.5 Å². The van der Waals surface area contributed by atoms with Gasteiger partial charge in [-0.25, -0.2) is 0 Å². The molecule has 218 valence electrons. The van der Waals surface area contributed by atoms with Crippen LogP contribution in [-0.2, 0) is 24.3 Å². The molecule has 0 aliphatic heterocycles. The summed E-state index contributed by atoms with van der Waals surface area (Å²) in [5.41, 5.74) is 3.34. The summed E-state index contributed by atoms with van der Waals surface area (Å²) >= 11 is 0. The van der Waals surface area contributed by atoms with Crippen LogP contribution in [0.15, 0.2) is 109 Å². The zero-order valence-electron chi connectivity index (χ0n) is 25.1. The molecule has 1 atom stereocenters. The maximum atomic E-state index is 6.33. The first kappa shape index (κ1) is 31.5. The molecule has 0 fully saturated rings. The first-order valence-corrected chi connectivity index (χ1v) is 14.1. The summed E-state index contributed by atoms with van der Waals surface area (Å²) in [4.78, 5) is 0. The fourth-order valence-electron chi connectivity index (χ4n) is 4.97. The zero-order chi connectivity index (χ0) is 29.8. The first-order valence-electron chi connectivity index (χ1n) is 14.1. The largest absolute Gasteiger partial charge is 0.457 e. The number of likely N-dealkylation sites (N-methyl/N-ethyl adjacent to an activating group) is 2. The Morgan fingerprint density at radius 2 is 1.26 bits per heavy atom. The molecule has 0 aliphatic rings. The van der Waals surface area contributed by atoms with Crippen molar-refractivity contribution in [3.63, 3.8) is 0 Å². The fourth-order valence-corrected chi connectivity index (χ4v) is 4.97. The number of methoxy groups -OCH3 is 2. The molecule has 0 saturated heterocycles. The molecule has 9 heteroatoms. The van der Waals surface area contributed by atoms with Crippen LogP contribution in [0.2, 0.25) is 0 Å². The van der Waals surface area contributed by atoms with E-state index in [2.05, 4.69) is 34.9 Å². The van der Waals surface area contributed by atoms with Crippen molar-refractivity contribution >= 4 is 30.8 Å². The Labute approximate surface area is 250 Å². The predicted octanol–water partition coefficient (Wildman–Crippen LogP) is 2.90. The van der Waals surface area contributed by atoms with Gasteiger partial charge < -0.3 is 34.2 Å². The van der Waals surface area contributed by atoms with Gasteiger partial charge >= 0.3 is 14.4 Å². The minimum absolute atomic E-state index is 0.147. The number of hydrogen-bond acceptors (Lipinski definition) is 7. The van der Waals surface area contributed by atoms with Gasteiger partial charge in [0, 0.05) is 27.4 Å². The van der Waals surface area contributed by atoms with E-state index in [0.717, 1.165) is 40.0 Å². The van der Waals surface area contributed by atoms with Crippen LogP contribution in [0.25, 0.3) is 0 Å². The van der Waals surface area contributed by atoms with Gasteiger partial charge in [0.1, 0.15) is 17.0 Å². The van der Waals surface area contributed by atoms with E-state index >= 15 is 0 Å². The van der Waals surface area contributed by atoms with Crippen molar-refractivity contribution in [2.75, 3.05) is 41.5 Å². The van der Waals surface area contributed by atoms with Crippen LogP contribution in [-0.4, -0.2) is 61.8 Å². The topological polar surface area (TPSA) is 70.2 Å². The van der Waals surface area contributed by atoms with E-state index in [0.29, 0.717) is 6.61 Å². The molecule has 0 spiro atoms. The van der Waals surface area contributed by atoms with Crippen LogP contribution in [0.5, 0.6) is 11.5 Å². The molecule has 1 unspecified atom stereocenters. The molecule has 2 N–H and O–H groups in total. The molecule has 0 aromatic heterocycles. The lowest BCUT2D eigenvalue weighted by molar-refractivity contribution is -0.362. The summed E-state index contributed by atoms with van der Waals surface area (Å²) in [6, 6.07) is 36.1. The van der Waals surface area contributed by atoms with Gasteiger partial charge in [-0.1, -0.05) is 90.4 Å². The third kappa shape index (κ3) is 7.31. The fraction of sp³-hybridized carbons (Fsp3) is 0.273. The summed E-state index contributed by atoms with van der Waals surface area (Å²) in [5, 5.41) is 6.47. The number of ether oxygens (including phenoxy) is 3. The summed E-state index contributed by atoms with van der Waals surface area (Å²) in [7, 11) is 7.22. The molecule has 0 bridgehead atoms. The molecule has 0 saturated carbocycles. The van der Waals surface area contributed by atoms with Crippen LogP contribution in [0, 0.1) is 0 Å². The van der Waals surface area contributed by atoms with Crippen molar-refractivity contribution in [1.82, 2.24) is 10.6 Å². The summed E-state index contributed by atoms with van der Waals surface area (Å²) in [5.74, 6) is 0.106. The van der Waals surface area contributed by atoms with E-state index in [-0.39, 0.29) is 14.4 Å². The Morgan fingerprint density at radius 3 is 1.81 bits per heavy atom. The number of rotatable bonds is 16. The van der Waals surface area contributed by atoms with Crippen molar-refractivity contribution in [3.05, 3.63) is 115 Å². The van der Waals surface area contributed by atoms with Crippen LogP contribution < -0.4 is 31.8 Å². The summed E-state index contributed by atoms with van der Waals surface area (Å²) in [6.45, 7) is 3.24. The molecule has 4 rings (SSSR count). The lowest BCUT2D eigenvalue weighted by Crippen LogP contribution is -2.62. The van der Waals surface area contributed by atoms with Crippen molar-refractivity contribution in [2.24, 2.45) is 0 Å². The van der Waals surface area contributed by atoms with Gasteiger partial charge in [0.05, 0.1) is 0 Å². The maximum Gasteiger partial charge on any atom is 0.361 e. The van der Waals surface area contributed by atoms with E-state index in [1.54, 1.807) is 14.2 Å². The van der Waals surface area contributed by atoms with Crippen molar-refractivity contribution in [3.8, 4) is 11.5 Å². The zero-order valence-corrected chi connectivity index (χ0v) is 25.1. The normalized spacial score (nSPS) is 12.9. The Morgan fingerprint density at radius 1 is 0.714 bits per heavy atom. The monoisotopic (exact) mass is 566 g/mol. The molecule has 0 aliphatic carbocycles. The number of benzene rings is 4. The Bertz CT molecular complexity index is 1340. The van der Waals surface area contributed by atoms with Crippen molar-refractivity contribution in [2.45, 2.75) is 18.4 Å². The Kier molecular flexibility index (Phi) is 11.4. The van der Waals surface area contributed by atoms with Gasteiger partial charge in [0.15, 0.2) is 0 Å². The SMILES string of the molecule is CNCCOB(c1ccccc1)c1ccc(Oc2ccc(BOC(OC)(OC)C(C)(NC)c3ccccc3)cc2)cc1. The van der Waals surface area contributed by atoms with Crippen molar-refractivity contribution < 1.29 is 23.5 Å². The van der Waals surface area contributed by atoms with E-state index in [4.69, 9.17) is 23.5 Å². The van der Waals surface area contributed by atoms with Gasteiger partial charge in [0.25, 0.3) is 5.97 Å². The highest BCUT2D eigenvalue weighted by molar-refractivity contribution is 6.80. The third-order valence-electron chi connectivity index (χ3n) is 7.51. The van der Waals surface area contributed by atoms with Crippen LogP contribution in [0.4, 0.5) is 0 Å². The van der Waals surface area contributed by atoms with Gasteiger partial charge in [-0.2, -0.15) is 0 Å². The summed E-state index contributed by atoms with van der Waals surface area (Å²) < 4.78 is 30.4. The van der Waals surface area contributed by atoms with E-state index in [1.807, 2.05) is 106 Å². The van der Waals surface area contributed by atoms with E-state index in [1.165, 1.54) is 0 Å². The summed E-state index contributed by atoms with van der Waals surface area (Å²) in [6.07, 6.45) is 0. The minimum Gasteiger partial charge on any atom is -0.457 e. The van der Waals surface area contributed by atoms with Gasteiger partial charge in [0.2, 0.25) is 0 Å². The number of nitrogens with one attached hydrogen (secondary N) is 2. The first-order chi connectivity index (χ1) is 20.5.